The second-order valence-corrected chi connectivity index (χ2v) is 3.98. The Kier molecular flexibility index (Phi) is 2.52. The zero-order chi connectivity index (χ0) is 9.97. The highest BCUT2D eigenvalue weighted by Crippen LogP contribution is 2.51. The Morgan fingerprint density at radius 1 is 1.21 bits per heavy atom. The van der Waals surface area contributed by atoms with Crippen molar-refractivity contribution in [2.45, 2.75) is 25.7 Å². The van der Waals surface area contributed by atoms with Gasteiger partial charge in [-0.25, -0.2) is 4.79 Å². The predicted molar refractivity (Wildman–Crippen MR) is 53.1 cm³/mol. The summed E-state index contributed by atoms with van der Waals surface area (Å²) in [5, 5.41) is 0. The Bertz CT molecular complexity index is 374. The Labute approximate surface area is 81.4 Å². The molecule has 2 atom stereocenters. The van der Waals surface area contributed by atoms with Crippen molar-refractivity contribution in [1.82, 2.24) is 9.97 Å². The molecule has 2 aliphatic carbocycles. The van der Waals surface area contributed by atoms with Crippen molar-refractivity contribution in [3.63, 3.8) is 0 Å². The number of H-pyrrole nitrogens is 2. The molecule has 0 amide bonds. The minimum absolute atomic E-state index is 0.381. The van der Waals surface area contributed by atoms with Crippen LogP contribution >= 0.6 is 0 Å². The molecule has 1 aromatic rings. The van der Waals surface area contributed by atoms with Crippen LogP contribution in [0.4, 0.5) is 0 Å². The van der Waals surface area contributed by atoms with Gasteiger partial charge in [0, 0.05) is 12.3 Å². The lowest BCUT2D eigenvalue weighted by Gasteiger charge is -1.80. The van der Waals surface area contributed by atoms with E-state index >= 15 is 0 Å². The van der Waals surface area contributed by atoms with Gasteiger partial charge in [0.05, 0.1) is 0 Å². The van der Waals surface area contributed by atoms with E-state index in [-0.39, 0.29) is 5.56 Å². The van der Waals surface area contributed by atoms with Crippen LogP contribution in [0.3, 0.4) is 0 Å². The van der Waals surface area contributed by atoms with E-state index in [1.165, 1.54) is 30.5 Å². The molecule has 0 saturated heterocycles. The molecule has 0 aliphatic heterocycles. The second-order valence-electron chi connectivity index (χ2n) is 3.98. The standard InChI is InChI=1S/C6H10.C4H4N2O2/c1-2-5-4-6(5)3-1;7-3-1-2-5-4(8)6-3/h5-6H,1-4H2;1-2H,(H2,5,6,7,8). The molecule has 0 aromatic carbocycles. The van der Waals surface area contributed by atoms with Gasteiger partial charge >= 0.3 is 5.69 Å². The summed E-state index contributed by atoms with van der Waals surface area (Å²) < 4.78 is 0. The van der Waals surface area contributed by atoms with Crippen molar-refractivity contribution in [1.29, 1.82) is 0 Å². The molecule has 2 saturated carbocycles. The summed E-state index contributed by atoms with van der Waals surface area (Å²) in [7, 11) is 0. The van der Waals surface area contributed by atoms with E-state index in [0.717, 1.165) is 0 Å². The summed E-state index contributed by atoms with van der Waals surface area (Å²) in [6.07, 6.45) is 7.53. The fourth-order valence-electron chi connectivity index (χ4n) is 2.04. The lowest BCUT2D eigenvalue weighted by molar-refractivity contribution is 0.735. The summed E-state index contributed by atoms with van der Waals surface area (Å²) in [5.41, 5.74) is -0.855. The molecule has 2 aliphatic rings. The predicted octanol–water partition coefficient (Wildman–Crippen LogP) is 0.870. The third-order valence-electron chi connectivity index (χ3n) is 2.90. The lowest BCUT2D eigenvalue weighted by atomic mass is 10.3. The van der Waals surface area contributed by atoms with Crippen LogP contribution in [0.2, 0.25) is 0 Å². The topological polar surface area (TPSA) is 65.7 Å². The molecule has 0 bridgehead atoms. The van der Waals surface area contributed by atoms with Crippen LogP contribution in [0.1, 0.15) is 25.7 Å². The monoisotopic (exact) mass is 194 g/mol. The van der Waals surface area contributed by atoms with Gasteiger partial charge in [0.2, 0.25) is 0 Å². The van der Waals surface area contributed by atoms with Crippen molar-refractivity contribution < 1.29 is 0 Å². The number of fused-ring (bicyclic) bond motifs is 1. The Hall–Kier alpha value is -1.32. The molecule has 1 heterocycles. The first-order valence-corrected chi connectivity index (χ1v) is 5.04. The van der Waals surface area contributed by atoms with Gasteiger partial charge in [0.15, 0.2) is 0 Å². The average molecular weight is 194 g/mol. The first kappa shape index (κ1) is 9.24. The fourth-order valence-corrected chi connectivity index (χ4v) is 2.04. The van der Waals surface area contributed by atoms with Gasteiger partial charge in [-0.1, -0.05) is 19.3 Å². The van der Waals surface area contributed by atoms with E-state index in [2.05, 4.69) is 4.98 Å². The highest BCUT2D eigenvalue weighted by atomic mass is 16.2. The van der Waals surface area contributed by atoms with E-state index in [4.69, 9.17) is 0 Å². The highest BCUT2D eigenvalue weighted by molar-refractivity contribution is 4.91. The molecule has 0 radical (unpaired) electrons. The Morgan fingerprint density at radius 3 is 2.21 bits per heavy atom. The Morgan fingerprint density at radius 2 is 1.93 bits per heavy atom. The second kappa shape index (κ2) is 3.82. The third kappa shape index (κ3) is 2.34. The number of hydrogen-bond acceptors (Lipinski definition) is 2. The largest absolute Gasteiger partial charge is 0.325 e. The molecule has 3 rings (SSSR count). The maximum Gasteiger partial charge on any atom is 0.325 e. The minimum Gasteiger partial charge on any atom is -0.314 e. The molecule has 0 spiro atoms. The molecule has 2 unspecified atom stereocenters. The summed E-state index contributed by atoms with van der Waals surface area (Å²) in [4.78, 5) is 24.7. The van der Waals surface area contributed by atoms with Crippen LogP contribution in [0.25, 0.3) is 0 Å². The number of aromatic nitrogens is 2. The van der Waals surface area contributed by atoms with Gasteiger partial charge in [0.25, 0.3) is 5.56 Å². The molecule has 4 nitrogen and oxygen atoms in total. The van der Waals surface area contributed by atoms with Gasteiger partial charge in [-0.2, -0.15) is 0 Å². The molecule has 2 fully saturated rings. The fraction of sp³-hybridized carbons (Fsp3) is 0.600. The van der Waals surface area contributed by atoms with E-state index in [1.807, 2.05) is 4.98 Å². The average Bonchev–Trinajstić information content (AvgIpc) is 2.74. The summed E-state index contributed by atoms with van der Waals surface area (Å²) in [5.74, 6) is 2.43. The van der Waals surface area contributed by atoms with Crippen molar-refractivity contribution in [3.05, 3.63) is 33.1 Å². The number of hydrogen-bond donors (Lipinski definition) is 2. The van der Waals surface area contributed by atoms with Crippen molar-refractivity contribution in [2.24, 2.45) is 11.8 Å². The Balaban J connectivity index is 0.000000110. The lowest BCUT2D eigenvalue weighted by Crippen LogP contribution is -2.19. The van der Waals surface area contributed by atoms with Crippen LogP contribution in [-0.4, -0.2) is 9.97 Å². The van der Waals surface area contributed by atoms with Gasteiger partial charge in [-0.3, -0.25) is 9.78 Å². The van der Waals surface area contributed by atoms with E-state index in [9.17, 15) is 9.59 Å². The molecular formula is C10H14N2O2. The molecule has 14 heavy (non-hydrogen) atoms. The van der Waals surface area contributed by atoms with Gasteiger partial charge in [0.1, 0.15) is 0 Å². The third-order valence-corrected chi connectivity index (χ3v) is 2.90. The molecule has 4 heteroatoms. The van der Waals surface area contributed by atoms with Gasteiger partial charge < -0.3 is 4.98 Å². The quantitative estimate of drug-likeness (QED) is 0.643. The number of aromatic amines is 2. The minimum atomic E-state index is -0.475. The first-order chi connectivity index (χ1) is 6.75. The number of nitrogens with one attached hydrogen (secondary N) is 2. The highest BCUT2D eigenvalue weighted by Gasteiger charge is 2.40. The summed E-state index contributed by atoms with van der Waals surface area (Å²) in [6, 6.07) is 1.24. The maximum atomic E-state index is 10.2. The molecule has 2 N–H and O–H groups in total. The number of rotatable bonds is 0. The smallest absolute Gasteiger partial charge is 0.314 e. The van der Waals surface area contributed by atoms with E-state index in [0.29, 0.717) is 0 Å². The van der Waals surface area contributed by atoms with Crippen LogP contribution in [0.15, 0.2) is 21.9 Å². The summed E-state index contributed by atoms with van der Waals surface area (Å²) >= 11 is 0. The van der Waals surface area contributed by atoms with E-state index < -0.39 is 5.69 Å². The normalized spacial score (nSPS) is 27.4. The first-order valence-electron chi connectivity index (χ1n) is 5.04. The molecular weight excluding hydrogens is 180 g/mol. The zero-order valence-corrected chi connectivity index (χ0v) is 7.95. The van der Waals surface area contributed by atoms with Gasteiger partial charge in [-0.15, -0.1) is 0 Å². The molecule has 76 valence electrons. The zero-order valence-electron chi connectivity index (χ0n) is 7.95. The van der Waals surface area contributed by atoms with Crippen molar-refractivity contribution in [3.8, 4) is 0 Å². The van der Waals surface area contributed by atoms with Crippen LogP contribution in [0.5, 0.6) is 0 Å². The maximum absolute atomic E-state index is 10.2. The van der Waals surface area contributed by atoms with Crippen LogP contribution in [-0.2, 0) is 0 Å². The van der Waals surface area contributed by atoms with E-state index in [1.54, 1.807) is 19.3 Å². The summed E-state index contributed by atoms with van der Waals surface area (Å²) in [6.45, 7) is 0. The molecule has 1 aromatic heterocycles. The van der Waals surface area contributed by atoms with Crippen LogP contribution in [0, 0.1) is 11.8 Å². The van der Waals surface area contributed by atoms with Crippen LogP contribution < -0.4 is 11.2 Å². The van der Waals surface area contributed by atoms with Crippen molar-refractivity contribution >= 4 is 0 Å². The van der Waals surface area contributed by atoms with Crippen molar-refractivity contribution in [2.75, 3.05) is 0 Å². The SMILES string of the molecule is C1CC2CC2C1.O=c1cc[nH]c(=O)[nH]1. The van der Waals surface area contributed by atoms with Gasteiger partial charge in [-0.05, 0) is 18.3 Å².